The Hall–Kier alpha value is -2.45. The lowest BCUT2D eigenvalue weighted by Gasteiger charge is -2.06. The summed E-state index contributed by atoms with van der Waals surface area (Å²) in [5, 5.41) is 20.5. The third-order valence-electron chi connectivity index (χ3n) is 2.66. The number of benzene rings is 1. The fraction of sp³-hybridized carbons (Fsp3) is 0.154. The molecule has 0 radical (unpaired) electrons. The lowest BCUT2D eigenvalue weighted by molar-refractivity contribution is -0.385. The summed E-state index contributed by atoms with van der Waals surface area (Å²) in [6.45, 7) is 1.50. The molecule has 8 heteroatoms. The van der Waals surface area contributed by atoms with Crippen molar-refractivity contribution in [1.29, 1.82) is 0 Å². The molecule has 1 aromatic heterocycles. The van der Waals surface area contributed by atoms with Crippen molar-refractivity contribution in [3.05, 3.63) is 50.9 Å². The minimum atomic E-state index is -0.850. The number of para-hydroxylation sites is 1. The number of nitrogens with zero attached hydrogens (tertiary/aromatic N) is 1. The van der Waals surface area contributed by atoms with Crippen molar-refractivity contribution in [1.82, 2.24) is 0 Å². The maximum absolute atomic E-state index is 11.3. The SMILES string of the molecule is CC(O)c1cc([N+](=O)[O-])c(Oc2ccccc2C(N)=O)s1. The Morgan fingerprint density at radius 2 is 2.14 bits per heavy atom. The lowest BCUT2D eigenvalue weighted by atomic mass is 10.2. The molecule has 1 unspecified atom stereocenters. The molecule has 1 aromatic carbocycles. The number of aliphatic hydroxyl groups is 1. The molecule has 0 saturated heterocycles. The molecule has 0 aliphatic heterocycles. The molecule has 0 aliphatic rings. The maximum atomic E-state index is 11.3. The van der Waals surface area contributed by atoms with Crippen molar-refractivity contribution in [3.63, 3.8) is 0 Å². The predicted molar refractivity (Wildman–Crippen MR) is 76.6 cm³/mol. The van der Waals surface area contributed by atoms with E-state index in [-0.39, 0.29) is 22.1 Å². The van der Waals surface area contributed by atoms with Crippen molar-refractivity contribution >= 4 is 22.9 Å². The van der Waals surface area contributed by atoms with E-state index in [0.29, 0.717) is 4.88 Å². The van der Waals surface area contributed by atoms with Crippen LogP contribution < -0.4 is 10.5 Å². The van der Waals surface area contributed by atoms with E-state index < -0.39 is 16.9 Å². The molecule has 7 nitrogen and oxygen atoms in total. The normalized spacial score (nSPS) is 11.9. The van der Waals surface area contributed by atoms with E-state index in [1.54, 1.807) is 12.1 Å². The van der Waals surface area contributed by atoms with Gasteiger partial charge in [-0.2, -0.15) is 0 Å². The molecule has 0 bridgehead atoms. The Morgan fingerprint density at radius 3 is 2.71 bits per heavy atom. The first-order valence-corrected chi connectivity index (χ1v) is 6.74. The second-order valence-electron chi connectivity index (χ2n) is 4.22. The topological polar surface area (TPSA) is 116 Å². The Balaban J connectivity index is 2.44. The summed E-state index contributed by atoms with van der Waals surface area (Å²) in [6, 6.07) is 7.43. The second-order valence-corrected chi connectivity index (χ2v) is 5.26. The Kier molecular flexibility index (Phi) is 4.20. The number of ether oxygens (including phenoxy) is 1. The summed E-state index contributed by atoms with van der Waals surface area (Å²) in [5.41, 5.74) is 5.09. The standard InChI is InChI=1S/C13H12N2O5S/c1-7(16)11-6-9(15(18)19)13(21-11)20-10-5-3-2-4-8(10)12(14)17/h2-7,16H,1H3,(H2,14,17). The predicted octanol–water partition coefficient (Wildman–Crippen LogP) is 2.60. The summed E-state index contributed by atoms with van der Waals surface area (Å²) >= 11 is 0.945. The van der Waals surface area contributed by atoms with Gasteiger partial charge in [0.05, 0.1) is 16.6 Å². The Bertz CT molecular complexity index is 696. The van der Waals surface area contributed by atoms with E-state index >= 15 is 0 Å². The first kappa shape index (κ1) is 14.9. The van der Waals surface area contributed by atoms with Gasteiger partial charge in [-0.15, -0.1) is 0 Å². The minimum Gasteiger partial charge on any atom is -0.439 e. The van der Waals surface area contributed by atoms with Crippen molar-refractivity contribution < 1.29 is 19.6 Å². The van der Waals surface area contributed by atoms with E-state index in [2.05, 4.69) is 0 Å². The molecule has 0 fully saturated rings. The van der Waals surface area contributed by atoms with Gasteiger partial charge in [0.2, 0.25) is 0 Å². The van der Waals surface area contributed by atoms with E-state index in [1.165, 1.54) is 25.1 Å². The molecular weight excluding hydrogens is 296 g/mol. The molecular formula is C13H12N2O5S. The average Bonchev–Trinajstić information content (AvgIpc) is 2.83. The molecule has 3 N–H and O–H groups in total. The number of rotatable bonds is 5. The molecule has 1 amide bonds. The number of carbonyl (C=O) groups excluding carboxylic acids is 1. The minimum absolute atomic E-state index is 0.00963. The van der Waals surface area contributed by atoms with Crippen LogP contribution in [0.5, 0.6) is 10.8 Å². The number of amides is 1. The van der Waals surface area contributed by atoms with E-state index in [1.807, 2.05) is 0 Å². The first-order valence-electron chi connectivity index (χ1n) is 5.93. The van der Waals surface area contributed by atoms with Crippen LogP contribution in [0.3, 0.4) is 0 Å². The van der Waals surface area contributed by atoms with Gasteiger partial charge in [0.15, 0.2) is 0 Å². The second kappa shape index (κ2) is 5.90. The van der Waals surface area contributed by atoms with E-state index in [9.17, 15) is 20.0 Å². The van der Waals surface area contributed by atoms with Crippen LogP contribution in [0.15, 0.2) is 30.3 Å². The zero-order valence-corrected chi connectivity index (χ0v) is 11.8. The molecule has 0 saturated carbocycles. The van der Waals surface area contributed by atoms with Gasteiger partial charge in [0, 0.05) is 10.9 Å². The monoisotopic (exact) mass is 308 g/mol. The molecule has 21 heavy (non-hydrogen) atoms. The molecule has 0 spiro atoms. The number of aliphatic hydroxyl groups excluding tert-OH is 1. The maximum Gasteiger partial charge on any atom is 0.323 e. The largest absolute Gasteiger partial charge is 0.439 e. The fourth-order valence-corrected chi connectivity index (χ4v) is 2.57. The highest BCUT2D eigenvalue weighted by Crippen LogP contribution is 2.42. The summed E-state index contributed by atoms with van der Waals surface area (Å²) in [4.78, 5) is 22.1. The molecule has 1 atom stereocenters. The number of nitrogens with two attached hydrogens (primary N) is 1. The van der Waals surface area contributed by atoms with Gasteiger partial charge in [-0.05, 0) is 19.1 Å². The highest BCUT2D eigenvalue weighted by molar-refractivity contribution is 7.14. The van der Waals surface area contributed by atoms with Crippen LogP contribution in [-0.4, -0.2) is 15.9 Å². The van der Waals surface area contributed by atoms with Gasteiger partial charge < -0.3 is 15.6 Å². The molecule has 1 heterocycles. The van der Waals surface area contributed by atoms with Gasteiger partial charge in [-0.1, -0.05) is 23.5 Å². The number of hydrogen-bond donors (Lipinski definition) is 2. The zero-order chi connectivity index (χ0) is 15.6. The average molecular weight is 308 g/mol. The first-order chi connectivity index (χ1) is 9.90. The van der Waals surface area contributed by atoms with Crippen LogP contribution in [0, 0.1) is 10.1 Å². The summed E-state index contributed by atoms with van der Waals surface area (Å²) < 4.78 is 5.46. The number of thiophene rings is 1. The summed E-state index contributed by atoms with van der Waals surface area (Å²) in [5.74, 6) is -0.562. The smallest absolute Gasteiger partial charge is 0.323 e. The van der Waals surface area contributed by atoms with Crippen LogP contribution in [0.4, 0.5) is 5.69 Å². The van der Waals surface area contributed by atoms with Crippen LogP contribution in [0.1, 0.15) is 28.3 Å². The van der Waals surface area contributed by atoms with Gasteiger partial charge in [0.1, 0.15) is 5.75 Å². The van der Waals surface area contributed by atoms with Gasteiger partial charge in [0.25, 0.3) is 11.0 Å². The van der Waals surface area contributed by atoms with Crippen molar-refractivity contribution in [2.24, 2.45) is 5.73 Å². The number of nitro groups is 1. The van der Waals surface area contributed by atoms with E-state index in [4.69, 9.17) is 10.5 Å². The van der Waals surface area contributed by atoms with Crippen LogP contribution in [0.2, 0.25) is 0 Å². The van der Waals surface area contributed by atoms with Crippen molar-refractivity contribution in [2.75, 3.05) is 0 Å². The van der Waals surface area contributed by atoms with Crippen molar-refractivity contribution in [3.8, 4) is 10.8 Å². The molecule has 0 aliphatic carbocycles. The molecule has 2 rings (SSSR count). The lowest BCUT2D eigenvalue weighted by Crippen LogP contribution is -2.11. The van der Waals surface area contributed by atoms with E-state index in [0.717, 1.165) is 11.3 Å². The number of hydrogen-bond acceptors (Lipinski definition) is 6. The summed E-state index contributed by atoms with van der Waals surface area (Å²) in [7, 11) is 0. The zero-order valence-electron chi connectivity index (χ0n) is 11.0. The van der Waals surface area contributed by atoms with Gasteiger partial charge >= 0.3 is 5.69 Å². The number of carbonyl (C=O) groups is 1. The third kappa shape index (κ3) is 3.18. The third-order valence-corrected chi connectivity index (χ3v) is 3.83. The highest BCUT2D eigenvalue weighted by atomic mass is 32.1. The van der Waals surface area contributed by atoms with Crippen LogP contribution in [0.25, 0.3) is 0 Å². The Morgan fingerprint density at radius 1 is 1.48 bits per heavy atom. The molecule has 110 valence electrons. The van der Waals surface area contributed by atoms with Gasteiger partial charge in [-0.25, -0.2) is 0 Å². The Labute approximate surface area is 123 Å². The number of primary amides is 1. The van der Waals surface area contributed by atoms with Crippen LogP contribution in [-0.2, 0) is 0 Å². The molecule has 2 aromatic rings. The fourth-order valence-electron chi connectivity index (χ4n) is 1.65. The van der Waals surface area contributed by atoms with Crippen molar-refractivity contribution in [2.45, 2.75) is 13.0 Å². The highest BCUT2D eigenvalue weighted by Gasteiger charge is 2.24. The quantitative estimate of drug-likeness (QED) is 0.650. The summed E-state index contributed by atoms with van der Waals surface area (Å²) in [6.07, 6.45) is -0.850. The van der Waals surface area contributed by atoms with Gasteiger partial charge in [-0.3, -0.25) is 14.9 Å². The van der Waals surface area contributed by atoms with Crippen LogP contribution >= 0.6 is 11.3 Å².